The summed E-state index contributed by atoms with van der Waals surface area (Å²) in [5.41, 5.74) is -0.606. The molecule has 2 aromatic heterocycles. The van der Waals surface area contributed by atoms with Crippen LogP contribution in [0.15, 0.2) is 29.2 Å². The number of hydrogen-bond acceptors (Lipinski definition) is 4. The zero-order valence-electron chi connectivity index (χ0n) is 9.88. The third kappa shape index (κ3) is 2.04. The van der Waals surface area contributed by atoms with Gasteiger partial charge in [0.1, 0.15) is 5.65 Å². The van der Waals surface area contributed by atoms with Crippen molar-refractivity contribution in [2.45, 2.75) is 13.3 Å². The predicted molar refractivity (Wildman–Crippen MR) is 65.8 cm³/mol. The average molecular weight is 247 g/mol. The molecule has 0 aliphatic heterocycles. The highest BCUT2D eigenvalue weighted by molar-refractivity contribution is 5.96. The van der Waals surface area contributed by atoms with Crippen LogP contribution < -0.4 is 10.9 Å². The molecule has 2 heterocycles. The Labute approximate surface area is 103 Å². The SMILES string of the molecule is CCCNC(=O)c1c(O)nc2ccccn2c1=O. The highest BCUT2D eigenvalue weighted by Gasteiger charge is 2.18. The zero-order valence-corrected chi connectivity index (χ0v) is 9.88. The van der Waals surface area contributed by atoms with E-state index in [1.54, 1.807) is 18.2 Å². The summed E-state index contributed by atoms with van der Waals surface area (Å²) in [6.07, 6.45) is 2.25. The first-order chi connectivity index (χ1) is 8.65. The Kier molecular flexibility index (Phi) is 3.27. The molecule has 0 unspecified atom stereocenters. The van der Waals surface area contributed by atoms with Crippen LogP contribution in [0.1, 0.15) is 23.7 Å². The van der Waals surface area contributed by atoms with Gasteiger partial charge in [0.2, 0.25) is 5.88 Å². The third-order valence-electron chi connectivity index (χ3n) is 2.48. The van der Waals surface area contributed by atoms with Crippen LogP contribution in [0.3, 0.4) is 0 Å². The van der Waals surface area contributed by atoms with E-state index in [4.69, 9.17) is 0 Å². The summed E-state index contributed by atoms with van der Waals surface area (Å²) in [5, 5.41) is 12.2. The van der Waals surface area contributed by atoms with Gasteiger partial charge in [-0.05, 0) is 18.6 Å². The highest BCUT2D eigenvalue weighted by atomic mass is 16.3. The number of aromatic nitrogens is 2. The van der Waals surface area contributed by atoms with Gasteiger partial charge in [-0.3, -0.25) is 14.0 Å². The zero-order chi connectivity index (χ0) is 13.1. The van der Waals surface area contributed by atoms with Crippen molar-refractivity contribution in [2.24, 2.45) is 0 Å². The second kappa shape index (κ2) is 4.87. The minimum Gasteiger partial charge on any atom is -0.493 e. The van der Waals surface area contributed by atoms with Crippen molar-refractivity contribution in [3.05, 3.63) is 40.3 Å². The summed E-state index contributed by atoms with van der Waals surface area (Å²) in [5.74, 6) is -1.15. The predicted octanol–water partition coefficient (Wildman–Crippen LogP) is 0.540. The molecule has 18 heavy (non-hydrogen) atoms. The van der Waals surface area contributed by atoms with E-state index in [2.05, 4.69) is 10.3 Å². The van der Waals surface area contributed by atoms with Gasteiger partial charge in [0.25, 0.3) is 11.5 Å². The first kappa shape index (κ1) is 12.1. The molecule has 0 spiro atoms. The van der Waals surface area contributed by atoms with Crippen LogP contribution in [-0.4, -0.2) is 26.9 Å². The molecule has 2 N–H and O–H groups in total. The van der Waals surface area contributed by atoms with E-state index in [1.807, 2.05) is 6.92 Å². The molecule has 2 aromatic rings. The number of nitrogens with one attached hydrogen (secondary N) is 1. The number of carbonyl (C=O) groups excluding carboxylic acids is 1. The Morgan fingerprint density at radius 2 is 2.28 bits per heavy atom. The molecule has 94 valence electrons. The molecule has 0 atom stereocenters. The maximum atomic E-state index is 12.1. The van der Waals surface area contributed by atoms with E-state index in [0.29, 0.717) is 12.2 Å². The van der Waals surface area contributed by atoms with Crippen LogP contribution in [0.4, 0.5) is 0 Å². The summed E-state index contributed by atoms with van der Waals surface area (Å²) in [6.45, 7) is 2.33. The fourth-order valence-electron chi connectivity index (χ4n) is 1.60. The fourth-order valence-corrected chi connectivity index (χ4v) is 1.60. The Hall–Kier alpha value is -2.37. The van der Waals surface area contributed by atoms with Crippen molar-refractivity contribution < 1.29 is 9.90 Å². The highest BCUT2D eigenvalue weighted by Crippen LogP contribution is 2.10. The lowest BCUT2D eigenvalue weighted by Gasteiger charge is -2.06. The molecule has 0 fully saturated rings. The van der Waals surface area contributed by atoms with E-state index in [-0.39, 0.29) is 5.56 Å². The van der Waals surface area contributed by atoms with E-state index >= 15 is 0 Å². The minimum atomic E-state index is -0.606. The molecular formula is C12H13N3O3. The Morgan fingerprint density at radius 3 is 3.00 bits per heavy atom. The Morgan fingerprint density at radius 1 is 1.50 bits per heavy atom. The number of hydrogen-bond donors (Lipinski definition) is 2. The molecule has 0 aromatic carbocycles. The van der Waals surface area contributed by atoms with Crippen LogP contribution >= 0.6 is 0 Å². The van der Waals surface area contributed by atoms with Crippen LogP contribution in [-0.2, 0) is 0 Å². The number of nitrogens with zero attached hydrogens (tertiary/aromatic N) is 2. The first-order valence-electron chi connectivity index (χ1n) is 5.63. The topological polar surface area (TPSA) is 83.7 Å². The largest absolute Gasteiger partial charge is 0.493 e. The van der Waals surface area contributed by atoms with Gasteiger partial charge in [0.05, 0.1) is 0 Å². The van der Waals surface area contributed by atoms with Crippen molar-refractivity contribution in [3.63, 3.8) is 0 Å². The molecule has 6 heteroatoms. The lowest BCUT2D eigenvalue weighted by Crippen LogP contribution is -2.32. The fraction of sp³-hybridized carbons (Fsp3) is 0.250. The maximum Gasteiger partial charge on any atom is 0.274 e. The summed E-state index contributed by atoms with van der Waals surface area (Å²) < 4.78 is 1.22. The minimum absolute atomic E-state index is 0.298. The monoisotopic (exact) mass is 247 g/mol. The van der Waals surface area contributed by atoms with Gasteiger partial charge in [-0.25, -0.2) is 0 Å². The second-order valence-corrected chi connectivity index (χ2v) is 3.80. The Balaban J connectivity index is 2.57. The van der Waals surface area contributed by atoms with Crippen molar-refractivity contribution in [2.75, 3.05) is 6.54 Å². The van der Waals surface area contributed by atoms with Crippen molar-refractivity contribution in [1.82, 2.24) is 14.7 Å². The van der Waals surface area contributed by atoms with E-state index < -0.39 is 17.3 Å². The smallest absolute Gasteiger partial charge is 0.274 e. The van der Waals surface area contributed by atoms with Gasteiger partial charge in [-0.1, -0.05) is 13.0 Å². The second-order valence-electron chi connectivity index (χ2n) is 3.80. The van der Waals surface area contributed by atoms with E-state index in [9.17, 15) is 14.7 Å². The molecule has 0 saturated carbocycles. The van der Waals surface area contributed by atoms with Crippen molar-refractivity contribution in [1.29, 1.82) is 0 Å². The number of pyridine rings is 1. The lowest BCUT2D eigenvalue weighted by atomic mass is 10.2. The Bertz CT molecular complexity index is 649. The average Bonchev–Trinajstić information content (AvgIpc) is 2.36. The standard InChI is InChI=1S/C12H13N3O3/c1-2-6-13-10(16)9-11(17)14-8-5-3-4-7-15(8)12(9)18/h3-5,7,17H,2,6H2,1H3,(H,13,16). The number of carbonyl (C=O) groups is 1. The molecule has 0 radical (unpaired) electrons. The van der Waals surface area contributed by atoms with Crippen molar-refractivity contribution >= 4 is 11.6 Å². The molecule has 0 aliphatic rings. The molecule has 6 nitrogen and oxygen atoms in total. The maximum absolute atomic E-state index is 12.1. The van der Waals surface area contributed by atoms with Gasteiger partial charge in [0, 0.05) is 12.7 Å². The lowest BCUT2D eigenvalue weighted by molar-refractivity contribution is 0.0948. The normalized spacial score (nSPS) is 10.5. The number of amides is 1. The summed E-state index contributed by atoms with van der Waals surface area (Å²) >= 11 is 0. The number of fused-ring (bicyclic) bond motifs is 1. The number of rotatable bonds is 3. The quantitative estimate of drug-likeness (QED) is 0.829. The van der Waals surface area contributed by atoms with Gasteiger partial charge in [-0.2, -0.15) is 4.98 Å². The van der Waals surface area contributed by atoms with Gasteiger partial charge in [-0.15, -0.1) is 0 Å². The van der Waals surface area contributed by atoms with Crippen LogP contribution in [0, 0.1) is 0 Å². The van der Waals surface area contributed by atoms with Gasteiger partial charge in [0.15, 0.2) is 5.56 Å². The molecule has 0 bridgehead atoms. The van der Waals surface area contributed by atoms with Gasteiger partial charge >= 0.3 is 0 Å². The van der Waals surface area contributed by atoms with E-state index in [0.717, 1.165) is 6.42 Å². The first-order valence-corrected chi connectivity index (χ1v) is 5.63. The number of aromatic hydroxyl groups is 1. The third-order valence-corrected chi connectivity index (χ3v) is 2.48. The van der Waals surface area contributed by atoms with Crippen LogP contribution in [0.5, 0.6) is 5.88 Å². The van der Waals surface area contributed by atoms with Gasteiger partial charge < -0.3 is 10.4 Å². The summed E-state index contributed by atoms with van der Waals surface area (Å²) in [6, 6.07) is 4.92. The molecule has 2 rings (SSSR count). The molecular weight excluding hydrogens is 234 g/mol. The van der Waals surface area contributed by atoms with Crippen molar-refractivity contribution in [3.8, 4) is 5.88 Å². The van der Waals surface area contributed by atoms with Crippen LogP contribution in [0.2, 0.25) is 0 Å². The summed E-state index contributed by atoms with van der Waals surface area (Å²) in [7, 11) is 0. The van der Waals surface area contributed by atoms with E-state index in [1.165, 1.54) is 10.6 Å². The molecule has 0 aliphatic carbocycles. The van der Waals surface area contributed by atoms with Crippen LogP contribution in [0.25, 0.3) is 5.65 Å². The molecule has 0 saturated heterocycles. The molecule has 1 amide bonds. The summed E-state index contributed by atoms with van der Waals surface area (Å²) in [4.78, 5) is 27.6.